The number of aryl methyl sites for hydroxylation is 1. The number of benzene rings is 2. The first-order valence-corrected chi connectivity index (χ1v) is 7.98. The van der Waals surface area contributed by atoms with Gasteiger partial charge in [-0.15, -0.1) is 0 Å². The number of ether oxygens (including phenoxy) is 1. The average molecular weight is 322 g/mol. The van der Waals surface area contributed by atoms with Crippen molar-refractivity contribution in [3.63, 3.8) is 0 Å². The number of carbonyl (C=O) groups is 1. The molecule has 1 N–H and O–H groups in total. The fraction of sp³-hybridized carbons (Fsp3) is 0.300. The molecule has 0 aliphatic heterocycles. The summed E-state index contributed by atoms with van der Waals surface area (Å²) in [4.78, 5) is 12.0. The van der Waals surface area contributed by atoms with Gasteiger partial charge in [-0.1, -0.05) is 38.1 Å². The number of nitriles is 1. The van der Waals surface area contributed by atoms with Crippen LogP contribution in [0.4, 0.5) is 0 Å². The molecular formula is C20H22N2O2. The van der Waals surface area contributed by atoms with Gasteiger partial charge in [-0.3, -0.25) is 4.79 Å². The zero-order valence-corrected chi connectivity index (χ0v) is 14.3. The summed E-state index contributed by atoms with van der Waals surface area (Å²) in [7, 11) is 0. The lowest BCUT2D eigenvalue weighted by atomic mass is 10.0. The number of hydrogen-bond donors (Lipinski definition) is 1. The molecule has 1 amide bonds. The lowest BCUT2D eigenvalue weighted by Crippen LogP contribution is -2.28. The van der Waals surface area contributed by atoms with Gasteiger partial charge in [-0.2, -0.15) is 5.26 Å². The van der Waals surface area contributed by atoms with Gasteiger partial charge in [0.1, 0.15) is 5.75 Å². The molecule has 24 heavy (non-hydrogen) atoms. The Bertz CT molecular complexity index is 743. The highest BCUT2D eigenvalue weighted by Crippen LogP contribution is 2.27. The number of nitrogens with one attached hydrogen (secondary N) is 1. The molecule has 2 rings (SSSR count). The van der Waals surface area contributed by atoms with Gasteiger partial charge in [0.15, 0.2) is 6.61 Å². The summed E-state index contributed by atoms with van der Waals surface area (Å²) in [6.45, 7) is 6.60. The first-order chi connectivity index (χ1) is 11.5. The summed E-state index contributed by atoms with van der Waals surface area (Å²) in [6.07, 6.45) is 0. The van der Waals surface area contributed by atoms with Crippen molar-refractivity contribution in [1.29, 1.82) is 5.26 Å². The topological polar surface area (TPSA) is 62.1 Å². The molecule has 0 unspecified atom stereocenters. The van der Waals surface area contributed by atoms with Crippen LogP contribution in [0.15, 0.2) is 42.5 Å². The van der Waals surface area contributed by atoms with E-state index in [1.807, 2.05) is 37.3 Å². The number of nitrogens with zero attached hydrogens (tertiary/aromatic N) is 1. The summed E-state index contributed by atoms with van der Waals surface area (Å²) >= 11 is 0. The van der Waals surface area contributed by atoms with Crippen molar-refractivity contribution in [3.8, 4) is 11.8 Å². The van der Waals surface area contributed by atoms with Gasteiger partial charge in [-0.25, -0.2) is 0 Å². The maximum absolute atomic E-state index is 12.0. The molecule has 0 aromatic heterocycles. The molecule has 124 valence electrons. The Morgan fingerprint density at radius 1 is 1.21 bits per heavy atom. The third-order valence-electron chi connectivity index (χ3n) is 3.72. The smallest absolute Gasteiger partial charge is 0.258 e. The predicted molar refractivity (Wildman–Crippen MR) is 93.8 cm³/mol. The van der Waals surface area contributed by atoms with Gasteiger partial charge in [0, 0.05) is 6.54 Å². The van der Waals surface area contributed by atoms with Crippen LogP contribution in [0, 0.1) is 18.3 Å². The first-order valence-electron chi connectivity index (χ1n) is 7.98. The van der Waals surface area contributed by atoms with E-state index >= 15 is 0 Å². The van der Waals surface area contributed by atoms with Crippen LogP contribution in [0.5, 0.6) is 5.75 Å². The van der Waals surface area contributed by atoms with Crippen LogP contribution in [0.25, 0.3) is 0 Å². The van der Waals surface area contributed by atoms with E-state index in [9.17, 15) is 4.79 Å². The molecule has 4 nitrogen and oxygen atoms in total. The van der Waals surface area contributed by atoms with Gasteiger partial charge in [-0.05, 0) is 47.7 Å². The maximum atomic E-state index is 12.0. The van der Waals surface area contributed by atoms with E-state index in [2.05, 4.69) is 25.2 Å². The second-order valence-corrected chi connectivity index (χ2v) is 6.07. The molecule has 0 aliphatic rings. The molecule has 0 aliphatic carbocycles. The molecule has 0 heterocycles. The van der Waals surface area contributed by atoms with Crippen LogP contribution >= 0.6 is 0 Å². The molecule has 0 saturated carbocycles. The Morgan fingerprint density at radius 3 is 2.54 bits per heavy atom. The van der Waals surface area contributed by atoms with Gasteiger partial charge in [0.05, 0.1) is 11.6 Å². The van der Waals surface area contributed by atoms with Crippen molar-refractivity contribution >= 4 is 5.91 Å². The molecule has 0 spiro atoms. The van der Waals surface area contributed by atoms with Gasteiger partial charge in [0.2, 0.25) is 0 Å². The van der Waals surface area contributed by atoms with Gasteiger partial charge in [0.25, 0.3) is 5.91 Å². The number of amides is 1. The quantitative estimate of drug-likeness (QED) is 0.882. The Labute approximate surface area is 143 Å². The minimum atomic E-state index is -0.171. The second kappa shape index (κ2) is 8.16. The zero-order valence-electron chi connectivity index (χ0n) is 14.3. The summed E-state index contributed by atoms with van der Waals surface area (Å²) < 4.78 is 5.71. The second-order valence-electron chi connectivity index (χ2n) is 6.07. The molecule has 4 heteroatoms. The summed E-state index contributed by atoms with van der Waals surface area (Å²) in [6, 6.07) is 15.3. The maximum Gasteiger partial charge on any atom is 0.258 e. The first kappa shape index (κ1) is 17.6. The Hall–Kier alpha value is -2.80. The SMILES string of the molecule is Cc1ccc(C(C)C)c(OCC(=O)NCc2ccc(C#N)cc2)c1. The third kappa shape index (κ3) is 4.85. The van der Waals surface area contributed by atoms with E-state index in [0.717, 1.165) is 22.4 Å². The Morgan fingerprint density at radius 2 is 1.92 bits per heavy atom. The number of rotatable bonds is 6. The molecule has 2 aromatic carbocycles. The zero-order chi connectivity index (χ0) is 17.5. The number of carbonyl (C=O) groups excluding carboxylic acids is 1. The van der Waals surface area contributed by atoms with Crippen molar-refractivity contribution in [2.75, 3.05) is 6.61 Å². The van der Waals surface area contributed by atoms with Crippen LogP contribution in [0.1, 0.15) is 42.0 Å². The molecule has 0 atom stereocenters. The van der Waals surface area contributed by atoms with Crippen molar-refractivity contribution < 1.29 is 9.53 Å². The molecule has 0 radical (unpaired) electrons. The van der Waals surface area contributed by atoms with E-state index in [0.29, 0.717) is 18.0 Å². The van der Waals surface area contributed by atoms with Crippen LogP contribution in [0.2, 0.25) is 0 Å². The lowest BCUT2D eigenvalue weighted by Gasteiger charge is -2.14. The molecule has 0 fully saturated rings. The summed E-state index contributed by atoms with van der Waals surface area (Å²) in [5, 5.41) is 11.6. The minimum Gasteiger partial charge on any atom is -0.483 e. The van der Waals surface area contributed by atoms with E-state index < -0.39 is 0 Å². The monoisotopic (exact) mass is 322 g/mol. The normalized spacial score (nSPS) is 10.3. The van der Waals surface area contributed by atoms with Crippen molar-refractivity contribution in [2.45, 2.75) is 33.2 Å². The van der Waals surface area contributed by atoms with Crippen LogP contribution < -0.4 is 10.1 Å². The standard InChI is InChI=1S/C20H22N2O2/c1-14(2)18-9-4-15(3)10-19(18)24-13-20(23)22-12-17-7-5-16(11-21)6-8-17/h4-10,14H,12-13H2,1-3H3,(H,22,23). The van der Waals surface area contributed by atoms with Gasteiger partial charge >= 0.3 is 0 Å². The highest BCUT2D eigenvalue weighted by atomic mass is 16.5. The highest BCUT2D eigenvalue weighted by Gasteiger charge is 2.10. The third-order valence-corrected chi connectivity index (χ3v) is 3.72. The largest absolute Gasteiger partial charge is 0.483 e. The number of hydrogen-bond acceptors (Lipinski definition) is 3. The van der Waals surface area contributed by atoms with Crippen molar-refractivity contribution in [1.82, 2.24) is 5.32 Å². The average Bonchev–Trinajstić information content (AvgIpc) is 2.58. The summed E-state index contributed by atoms with van der Waals surface area (Å²) in [5.74, 6) is 0.927. The minimum absolute atomic E-state index is 0.0144. The van der Waals surface area contributed by atoms with Crippen LogP contribution in [0.3, 0.4) is 0 Å². The Kier molecular flexibility index (Phi) is 5.97. The van der Waals surface area contributed by atoms with E-state index in [1.165, 1.54) is 0 Å². The summed E-state index contributed by atoms with van der Waals surface area (Å²) in [5.41, 5.74) is 3.75. The van der Waals surface area contributed by atoms with E-state index in [4.69, 9.17) is 10.00 Å². The van der Waals surface area contributed by atoms with Crippen molar-refractivity contribution in [3.05, 3.63) is 64.7 Å². The highest BCUT2D eigenvalue weighted by molar-refractivity contribution is 5.77. The lowest BCUT2D eigenvalue weighted by molar-refractivity contribution is -0.123. The Balaban J connectivity index is 1.89. The molecule has 0 saturated heterocycles. The molecule has 2 aromatic rings. The molecular weight excluding hydrogens is 300 g/mol. The van der Waals surface area contributed by atoms with Crippen LogP contribution in [-0.2, 0) is 11.3 Å². The predicted octanol–water partition coefficient (Wildman–Crippen LogP) is 3.69. The van der Waals surface area contributed by atoms with Crippen LogP contribution in [-0.4, -0.2) is 12.5 Å². The molecule has 0 bridgehead atoms. The fourth-order valence-electron chi connectivity index (χ4n) is 2.34. The fourth-order valence-corrected chi connectivity index (χ4v) is 2.34. The van der Waals surface area contributed by atoms with E-state index in [1.54, 1.807) is 12.1 Å². The van der Waals surface area contributed by atoms with Crippen molar-refractivity contribution in [2.24, 2.45) is 0 Å². The van der Waals surface area contributed by atoms with Gasteiger partial charge < -0.3 is 10.1 Å². The van der Waals surface area contributed by atoms with E-state index in [-0.39, 0.29) is 12.5 Å².